The number of para-hydroxylation sites is 1. The van der Waals surface area contributed by atoms with Crippen LogP contribution in [0.4, 0.5) is 5.69 Å². The largest absolute Gasteiger partial charge is 0.478 e. The number of rotatable bonds is 2. The Morgan fingerprint density at radius 3 is 2.60 bits per heavy atom. The van der Waals surface area contributed by atoms with E-state index in [0.29, 0.717) is 5.56 Å². The van der Waals surface area contributed by atoms with Gasteiger partial charge in [-0.15, -0.1) is 0 Å². The van der Waals surface area contributed by atoms with Crippen LogP contribution in [0.1, 0.15) is 16.8 Å². The molecule has 2 unspecified atom stereocenters. The lowest BCUT2D eigenvalue weighted by Gasteiger charge is -2.21. The Morgan fingerprint density at radius 1 is 1.27 bits per heavy atom. The van der Waals surface area contributed by atoms with Gasteiger partial charge in [-0.25, -0.2) is 4.79 Å². The van der Waals surface area contributed by atoms with Crippen LogP contribution in [-0.2, 0) is 0 Å². The van der Waals surface area contributed by atoms with Gasteiger partial charge in [0, 0.05) is 13.1 Å². The second-order valence-corrected chi connectivity index (χ2v) is 4.48. The molecule has 2 fully saturated rings. The summed E-state index contributed by atoms with van der Waals surface area (Å²) in [5.41, 5.74) is 1.32. The van der Waals surface area contributed by atoms with Gasteiger partial charge in [-0.05, 0) is 30.4 Å². The van der Waals surface area contributed by atoms with Gasteiger partial charge in [0.05, 0.1) is 11.3 Å². The number of hydrogen-bond donors (Lipinski definition) is 1. The van der Waals surface area contributed by atoms with E-state index in [2.05, 4.69) is 4.90 Å². The third kappa shape index (κ3) is 1.39. The van der Waals surface area contributed by atoms with E-state index >= 15 is 0 Å². The van der Waals surface area contributed by atoms with E-state index in [0.717, 1.165) is 30.6 Å². The molecule has 1 saturated heterocycles. The van der Waals surface area contributed by atoms with Gasteiger partial charge in [0.15, 0.2) is 0 Å². The molecule has 0 aromatic heterocycles. The van der Waals surface area contributed by atoms with Crippen molar-refractivity contribution in [2.75, 3.05) is 18.0 Å². The summed E-state index contributed by atoms with van der Waals surface area (Å²) in [6.07, 6.45) is 1.34. The zero-order chi connectivity index (χ0) is 10.4. The minimum atomic E-state index is -0.828. The average Bonchev–Trinajstić information content (AvgIpc) is 2.86. The van der Waals surface area contributed by atoms with E-state index in [4.69, 9.17) is 5.11 Å². The predicted molar refractivity (Wildman–Crippen MR) is 57.2 cm³/mol. The van der Waals surface area contributed by atoms with Crippen molar-refractivity contribution in [2.24, 2.45) is 11.8 Å². The first kappa shape index (κ1) is 8.77. The standard InChI is InChI=1S/C12H13NO2/c14-12(15)10-3-1-2-4-11(10)13-6-8-5-9(8)7-13/h1-4,8-9H,5-7H2,(H,14,15). The molecule has 0 bridgehead atoms. The maximum absolute atomic E-state index is 11.0. The first-order valence-electron chi connectivity index (χ1n) is 5.33. The molecular formula is C12H13NO2. The molecule has 1 saturated carbocycles. The molecule has 1 aliphatic carbocycles. The predicted octanol–water partition coefficient (Wildman–Crippen LogP) is 1.84. The van der Waals surface area contributed by atoms with E-state index < -0.39 is 5.97 Å². The van der Waals surface area contributed by atoms with Crippen molar-refractivity contribution < 1.29 is 9.90 Å². The van der Waals surface area contributed by atoms with Crippen molar-refractivity contribution in [1.82, 2.24) is 0 Å². The first-order chi connectivity index (χ1) is 7.25. The number of fused-ring (bicyclic) bond motifs is 1. The van der Waals surface area contributed by atoms with Crippen LogP contribution in [0.3, 0.4) is 0 Å². The molecule has 3 heteroatoms. The summed E-state index contributed by atoms with van der Waals surface area (Å²) >= 11 is 0. The third-order valence-electron chi connectivity index (χ3n) is 3.45. The normalized spacial score (nSPS) is 27.6. The molecule has 2 aliphatic rings. The fraction of sp³-hybridized carbons (Fsp3) is 0.417. The third-order valence-corrected chi connectivity index (χ3v) is 3.45. The van der Waals surface area contributed by atoms with Crippen LogP contribution in [-0.4, -0.2) is 24.2 Å². The highest BCUT2D eigenvalue weighted by atomic mass is 16.4. The van der Waals surface area contributed by atoms with Crippen LogP contribution < -0.4 is 4.90 Å². The van der Waals surface area contributed by atoms with Gasteiger partial charge >= 0.3 is 5.97 Å². The van der Waals surface area contributed by atoms with Crippen LogP contribution in [0.25, 0.3) is 0 Å². The minimum absolute atomic E-state index is 0.429. The molecule has 1 N–H and O–H groups in total. The van der Waals surface area contributed by atoms with Gasteiger partial charge < -0.3 is 10.0 Å². The number of carboxylic acid groups (broad SMARTS) is 1. The lowest BCUT2D eigenvalue weighted by atomic mass is 10.1. The van der Waals surface area contributed by atoms with Crippen LogP contribution in [0.15, 0.2) is 24.3 Å². The molecule has 0 spiro atoms. The molecule has 1 aromatic carbocycles. The summed E-state index contributed by atoms with van der Waals surface area (Å²) < 4.78 is 0. The fourth-order valence-corrected chi connectivity index (χ4v) is 2.53. The van der Waals surface area contributed by atoms with Gasteiger partial charge in [-0.3, -0.25) is 0 Å². The van der Waals surface area contributed by atoms with Crippen LogP contribution in [0.5, 0.6) is 0 Å². The number of hydrogen-bond acceptors (Lipinski definition) is 2. The molecule has 1 aromatic rings. The summed E-state index contributed by atoms with van der Waals surface area (Å²) in [6.45, 7) is 2.07. The fourth-order valence-electron chi connectivity index (χ4n) is 2.53. The monoisotopic (exact) mass is 203 g/mol. The second-order valence-electron chi connectivity index (χ2n) is 4.48. The summed E-state index contributed by atoms with van der Waals surface area (Å²) in [7, 11) is 0. The van der Waals surface area contributed by atoms with Crippen LogP contribution >= 0.6 is 0 Å². The highest BCUT2D eigenvalue weighted by molar-refractivity contribution is 5.94. The molecule has 1 heterocycles. The van der Waals surface area contributed by atoms with Gasteiger partial charge in [0.25, 0.3) is 0 Å². The molecular weight excluding hydrogens is 190 g/mol. The Kier molecular flexibility index (Phi) is 1.75. The number of anilines is 1. The average molecular weight is 203 g/mol. The quantitative estimate of drug-likeness (QED) is 0.797. The maximum Gasteiger partial charge on any atom is 0.337 e. The number of carbonyl (C=O) groups is 1. The van der Waals surface area contributed by atoms with Crippen molar-refractivity contribution in [3.8, 4) is 0 Å². The highest BCUT2D eigenvalue weighted by Gasteiger charge is 2.45. The van der Waals surface area contributed by atoms with Crippen molar-refractivity contribution in [3.05, 3.63) is 29.8 Å². The minimum Gasteiger partial charge on any atom is -0.478 e. The first-order valence-corrected chi connectivity index (χ1v) is 5.33. The molecule has 78 valence electrons. The SMILES string of the molecule is O=C(O)c1ccccc1N1CC2CC2C1. The van der Waals surface area contributed by atoms with Crippen LogP contribution in [0.2, 0.25) is 0 Å². The van der Waals surface area contributed by atoms with Gasteiger partial charge in [0.2, 0.25) is 0 Å². The van der Waals surface area contributed by atoms with Gasteiger partial charge in [-0.1, -0.05) is 12.1 Å². The number of aromatic carboxylic acids is 1. The number of nitrogens with zero attached hydrogens (tertiary/aromatic N) is 1. The smallest absolute Gasteiger partial charge is 0.337 e. The Hall–Kier alpha value is -1.51. The van der Waals surface area contributed by atoms with Gasteiger partial charge in [0.1, 0.15) is 0 Å². The van der Waals surface area contributed by atoms with Gasteiger partial charge in [-0.2, -0.15) is 0 Å². The molecule has 3 nitrogen and oxygen atoms in total. The van der Waals surface area contributed by atoms with Crippen molar-refractivity contribution in [2.45, 2.75) is 6.42 Å². The zero-order valence-electron chi connectivity index (χ0n) is 8.39. The summed E-state index contributed by atoms with van der Waals surface area (Å²) in [6, 6.07) is 7.28. The molecule has 1 aliphatic heterocycles. The molecule has 15 heavy (non-hydrogen) atoms. The molecule has 0 radical (unpaired) electrons. The van der Waals surface area contributed by atoms with E-state index in [1.807, 2.05) is 12.1 Å². The lowest BCUT2D eigenvalue weighted by Crippen LogP contribution is -2.23. The Balaban J connectivity index is 1.93. The van der Waals surface area contributed by atoms with E-state index in [1.54, 1.807) is 12.1 Å². The summed E-state index contributed by atoms with van der Waals surface area (Å²) in [4.78, 5) is 13.3. The molecule has 0 amide bonds. The maximum atomic E-state index is 11.0. The number of benzene rings is 1. The topological polar surface area (TPSA) is 40.5 Å². The lowest BCUT2D eigenvalue weighted by molar-refractivity contribution is 0.0697. The Morgan fingerprint density at radius 2 is 1.93 bits per heavy atom. The molecule has 2 atom stereocenters. The van der Waals surface area contributed by atoms with Crippen molar-refractivity contribution >= 4 is 11.7 Å². The van der Waals surface area contributed by atoms with Crippen molar-refractivity contribution in [3.63, 3.8) is 0 Å². The second kappa shape index (κ2) is 2.99. The Labute approximate surface area is 88.3 Å². The van der Waals surface area contributed by atoms with E-state index in [9.17, 15) is 4.79 Å². The summed E-state index contributed by atoms with van der Waals surface area (Å²) in [5.74, 6) is 0.824. The Bertz CT molecular complexity index is 406. The van der Waals surface area contributed by atoms with Crippen LogP contribution in [0, 0.1) is 11.8 Å². The van der Waals surface area contributed by atoms with E-state index in [-0.39, 0.29) is 0 Å². The van der Waals surface area contributed by atoms with E-state index in [1.165, 1.54) is 6.42 Å². The molecule has 3 rings (SSSR count). The number of piperidine rings is 1. The highest BCUT2D eigenvalue weighted by Crippen LogP contribution is 2.46. The zero-order valence-corrected chi connectivity index (χ0v) is 8.39. The summed E-state index contributed by atoms with van der Waals surface area (Å²) in [5, 5.41) is 9.08. The number of carboxylic acids is 1. The van der Waals surface area contributed by atoms with Crippen molar-refractivity contribution in [1.29, 1.82) is 0 Å².